The van der Waals surface area contributed by atoms with E-state index in [2.05, 4.69) is 27.0 Å². The van der Waals surface area contributed by atoms with Crippen LogP contribution in [0.2, 0.25) is 0 Å². The molecule has 0 amide bonds. The van der Waals surface area contributed by atoms with E-state index >= 15 is 0 Å². The molecule has 0 radical (unpaired) electrons. The zero-order chi connectivity index (χ0) is 22.3. The molecule has 0 atom stereocenters. The molecule has 158 valence electrons. The number of aromatic nitrogens is 1. The van der Waals surface area contributed by atoms with E-state index in [9.17, 15) is 5.26 Å². The van der Waals surface area contributed by atoms with Gasteiger partial charge in [0.15, 0.2) is 11.5 Å². The van der Waals surface area contributed by atoms with E-state index in [4.69, 9.17) is 9.47 Å². The van der Waals surface area contributed by atoms with E-state index in [-0.39, 0.29) is 0 Å². The molecular weight excluding hydrogens is 484 g/mol. The Labute approximate surface area is 199 Å². The quantitative estimate of drug-likeness (QED) is 0.250. The van der Waals surface area contributed by atoms with Crippen molar-refractivity contribution in [1.82, 2.24) is 4.98 Å². The zero-order valence-corrected chi connectivity index (χ0v) is 19.7. The highest BCUT2D eigenvalue weighted by Gasteiger charge is 2.11. The van der Waals surface area contributed by atoms with Gasteiger partial charge in [-0.15, -0.1) is 11.3 Å². The second-order valence-electron chi connectivity index (χ2n) is 6.90. The lowest BCUT2D eigenvalue weighted by Gasteiger charge is -2.11. The summed E-state index contributed by atoms with van der Waals surface area (Å²) in [5.74, 6) is 1.26. The van der Waals surface area contributed by atoms with Crippen LogP contribution in [0, 0.1) is 11.3 Å². The van der Waals surface area contributed by atoms with Gasteiger partial charge in [0.05, 0.1) is 18.4 Å². The second kappa shape index (κ2) is 10.3. The van der Waals surface area contributed by atoms with Crippen molar-refractivity contribution in [3.63, 3.8) is 0 Å². The molecule has 4 aromatic rings. The maximum atomic E-state index is 9.73. The van der Waals surface area contributed by atoms with Crippen molar-refractivity contribution < 1.29 is 9.47 Å². The summed E-state index contributed by atoms with van der Waals surface area (Å²) in [4.78, 5) is 4.66. The van der Waals surface area contributed by atoms with Crippen LogP contribution in [0.3, 0.4) is 0 Å². The van der Waals surface area contributed by atoms with Crippen molar-refractivity contribution in [1.29, 1.82) is 5.26 Å². The molecule has 4 nitrogen and oxygen atoms in total. The van der Waals surface area contributed by atoms with Gasteiger partial charge >= 0.3 is 0 Å². The fraction of sp³-hybridized carbons (Fsp3) is 0.0769. The molecule has 0 aliphatic carbocycles. The molecule has 0 aliphatic rings. The topological polar surface area (TPSA) is 55.1 Å². The molecule has 32 heavy (non-hydrogen) atoms. The molecule has 6 heteroatoms. The SMILES string of the molecule is COc1cc(C=C(C#N)c2nc(-c3ccc(Br)cc3)cs2)ccc1OCc1ccccc1. The molecule has 0 saturated heterocycles. The minimum Gasteiger partial charge on any atom is -0.493 e. The summed E-state index contributed by atoms with van der Waals surface area (Å²) < 4.78 is 12.4. The van der Waals surface area contributed by atoms with Crippen LogP contribution in [-0.4, -0.2) is 12.1 Å². The minimum absolute atomic E-state index is 0.452. The van der Waals surface area contributed by atoms with Crippen LogP contribution in [0.15, 0.2) is 82.6 Å². The maximum Gasteiger partial charge on any atom is 0.161 e. The van der Waals surface area contributed by atoms with Gasteiger partial charge in [-0.25, -0.2) is 4.98 Å². The summed E-state index contributed by atoms with van der Waals surface area (Å²) in [6.45, 7) is 0.452. The highest BCUT2D eigenvalue weighted by Crippen LogP contribution is 2.32. The molecule has 4 rings (SSSR count). The predicted molar refractivity (Wildman–Crippen MR) is 133 cm³/mol. The molecular formula is C26H19BrN2O2S. The molecule has 1 aromatic heterocycles. The van der Waals surface area contributed by atoms with Gasteiger partial charge in [0.2, 0.25) is 0 Å². The summed E-state index contributed by atoms with van der Waals surface area (Å²) in [5.41, 5.74) is 4.27. The van der Waals surface area contributed by atoms with E-state index < -0.39 is 0 Å². The van der Waals surface area contributed by atoms with Crippen molar-refractivity contribution >= 4 is 38.9 Å². The third-order valence-electron chi connectivity index (χ3n) is 4.73. The average Bonchev–Trinajstić information content (AvgIpc) is 3.32. The Kier molecular flexibility index (Phi) is 7.00. The van der Waals surface area contributed by atoms with Gasteiger partial charge in [0.25, 0.3) is 0 Å². The summed E-state index contributed by atoms with van der Waals surface area (Å²) in [7, 11) is 1.61. The first kappa shape index (κ1) is 21.8. The molecule has 0 aliphatic heterocycles. The van der Waals surface area contributed by atoms with Gasteiger partial charge in [-0.1, -0.05) is 64.5 Å². The van der Waals surface area contributed by atoms with Crippen molar-refractivity contribution in [2.75, 3.05) is 7.11 Å². The van der Waals surface area contributed by atoms with Crippen LogP contribution in [0.4, 0.5) is 0 Å². The van der Waals surface area contributed by atoms with Gasteiger partial charge in [0, 0.05) is 15.4 Å². The van der Waals surface area contributed by atoms with E-state index in [0.29, 0.717) is 28.7 Å². The normalized spacial score (nSPS) is 11.1. The summed E-state index contributed by atoms with van der Waals surface area (Å²) >= 11 is 4.89. The van der Waals surface area contributed by atoms with E-state index in [1.54, 1.807) is 7.11 Å². The monoisotopic (exact) mass is 502 g/mol. The standard InChI is InChI=1S/C26H19BrN2O2S/c1-30-25-14-19(7-12-24(25)31-16-18-5-3-2-4-6-18)13-21(15-28)26-29-23(17-32-26)20-8-10-22(27)11-9-20/h2-14,17H,16H2,1H3. The summed E-state index contributed by atoms with van der Waals surface area (Å²) in [6.07, 6.45) is 1.81. The number of ether oxygens (including phenoxy) is 2. The Morgan fingerprint density at radius 1 is 1.06 bits per heavy atom. The molecule has 1 heterocycles. The number of hydrogen-bond donors (Lipinski definition) is 0. The number of halogens is 1. The van der Waals surface area contributed by atoms with Crippen LogP contribution in [0.5, 0.6) is 11.5 Å². The molecule has 0 bridgehead atoms. The number of nitriles is 1. The van der Waals surface area contributed by atoms with Crippen molar-refractivity contribution in [3.05, 3.63) is 98.8 Å². The molecule has 0 unspecified atom stereocenters. The minimum atomic E-state index is 0.452. The van der Waals surface area contributed by atoms with E-state index in [1.165, 1.54) is 11.3 Å². The van der Waals surface area contributed by atoms with Gasteiger partial charge in [-0.2, -0.15) is 5.26 Å². The molecule has 0 saturated carbocycles. The number of thiazole rings is 1. The second-order valence-corrected chi connectivity index (χ2v) is 8.67. The number of methoxy groups -OCH3 is 1. The van der Waals surface area contributed by atoms with Crippen LogP contribution in [0.25, 0.3) is 22.9 Å². The Balaban J connectivity index is 1.55. The fourth-order valence-corrected chi connectivity index (χ4v) is 4.15. The first-order chi connectivity index (χ1) is 15.7. The first-order valence-corrected chi connectivity index (χ1v) is 11.5. The summed E-state index contributed by atoms with van der Waals surface area (Å²) in [5, 5.41) is 12.4. The van der Waals surface area contributed by atoms with E-state index in [1.807, 2.05) is 84.3 Å². The highest BCUT2D eigenvalue weighted by atomic mass is 79.9. The van der Waals surface area contributed by atoms with E-state index in [0.717, 1.165) is 26.9 Å². The van der Waals surface area contributed by atoms with Gasteiger partial charge < -0.3 is 9.47 Å². The number of allylic oxidation sites excluding steroid dienone is 1. The highest BCUT2D eigenvalue weighted by molar-refractivity contribution is 9.10. The van der Waals surface area contributed by atoms with Gasteiger partial charge in [-0.3, -0.25) is 0 Å². The zero-order valence-electron chi connectivity index (χ0n) is 17.3. The smallest absolute Gasteiger partial charge is 0.161 e. The number of nitrogens with zero attached hydrogens (tertiary/aromatic N) is 2. The number of rotatable bonds is 7. The van der Waals surface area contributed by atoms with Crippen LogP contribution < -0.4 is 9.47 Å². The van der Waals surface area contributed by atoms with Crippen molar-refractivity contribution in [3.8, 4) is 28.8 Å². The van der Waals surface area contributed by atoms with Crippen molar-refractivity contribution in [2.24, 2.45) is 0 Å². The van der Waals surface area contributed by atoms with Crippen LogP contribution in [0.1, 0.15) is 16.1 Å². The summed E-state index contributed by atoms with van der Waals surface area (Å²) in [6, 6.07) is 25.8. The predicted octanol–water partition coefficient (Wildman–Crippen LogP) is 7.22. The molecule has 3 aromatic carbocycles. The fourth-order valence-electron chi connectivity index (χ4n) is 3.09. The van der Waals surface area contributed by atoms with Crippen LogP contribution in [-0.2, 0) is 6.61 Å². The lowest BCUT2D eigenvalue weighted by Crippen LogP contribution is -1.97. The van der Waals surface area contributed by atoms with Gasteiger partial charge in [0.1, 0.15) is 17.7 Å². The number of benzene rings is 3. The van der Waals surface area contributed by atoms with Crippen molar-refractivity contribution in [2.45, 2.75) is 6.61 Å². The molecule has 0 fully saturated rings. The van der Waals surface area contributed by atoms with Crippen LogP contribution >= 0.6 is 27.3 Å². The first-order valence-electron chi connectivity index (χ1n) is 9.84. The lowest BCUT2D eigenvalue weighted by atomic mass is 10.1. The Morgan fingerprint density at radius 3 is 2.56 bits per heavy atom. The average molecular weight is 503 g/mol. The van der Waals surface area contributed by atoms with Gasteiger partial charge in [-0.05, 0) is 41.5 Å². The Hall–Kier alpha value is -3.40. The third kappa shape index (κ3) is 5.25. The Bertz CT molecular complexity index is 1280. The maximum absolute atomic E-state index is 9.73. The number of hydrogen-bond acceptors (Lipinski definition) is 5. The third-order valence-corrected chi connectivity index (χ3v) is 6.14. The lowest BCUT2D eigenvalue weighted by molar-refractivity contribution is 0.284. The largest absolute Gasteiger partial charge is 0.493 e. The molecule has 0 N–H and O–H groups in total. The Morgan fingerprint density at radius 2 is 1.84 bits per heavy atom. The molecule has 0 spiro atoms.